The molecule has 1 N–H and O–H groups in total. The Bertz CT molecular complexity index is 863. The maximum Gasteiger partial charge on any atom is 0.270 e. The van der Waals surface area contributed by atoms with Crippen LogP contribution in [0.3, 0.4) is 0 Å². The number of fused-ring (bicyclic) bond motifs is 4. The molecule has 2 aliphatic heterocycles. The highest BCUT2D eigenvalue weighted by Gasteiger charge is 2.39. The Morgan fingerprint density at radius 2 is 2.12 bits per heavy atom. The van der Waals surface area contributed by atoms with Crippen LogP contribution in [0.2, 0.25) is 5.02 Å². The molecule has 0 radical (unpaired) electrons. The van der Waals surface area contributed by atoms with Crippen molar-refractivity contribution in [2.75, 3.05) is 33.4 Å². The first-order chi connectivity index (χ1) is 12.0. The number of benzene rings is 1. The molecule has 2 bridgehead atoms. The third-order valence-corrected chi connectivity index (χ3v) is 5.50. The molecule has 0 saturated carbocycles. The number of carbonyl (C=O) groups excluding carboxylic acids is 2. The molecule has 25 heavy (non-hydrogen) atoms. The van der Waals surface area contributed by atoms with Crippen molar-refractivity contribution in [3.8, 4) is 0 Å². The van der Waals surface area contributed by atoms with E-state index in [4.69, 9.17) is 16.3 Å². The summed E-state index contributed by atoms with van der Waals surface area (Å²) in [5.74, 6) is -0.330. The Labute approximate surface area is 150 Å². The first-order valence-corrected chi connectivity index (χ1v) is 8.75. The van der Waals surface area contributed by atoms with Gasteiger partial charge in [-0.05, 0) is 30.7 Å². The summed E-state index contributed by atoms with van der Waals surface area (Å²) in [6.45, 7) is 3.61. The van der Waals surface area contributed by atoms with Crippen LogP contribution in [-0.2, 0) is 9.53 Å². The van der Waals surface area contributed by atoms with Gasteiger partial charge in [0.2, 0.25) is 5.91 Å². The Hall–Kier alpha value is -2.05. The van der Waals surface area contributed by atoms with Crippen molar-refractivity contribution < 1.29 is 14.3 Å². The molecule has 0 unspecified atom stereocenters. The largest absolute Gasteiger partial charge is 0.378 e. The number of carbonyl (C=O) groups is 2. The van der Waals surface area contributed by atoms with Gasteiger partial charge in [0.1, 0.15) is 5.69 Å². The highest BCUT2D eigenvalue weighted by atomic mass is 35.5. The highest BCUT2D eigenvalue weighted by molar-refractivity contribution is 6.31. The molecule has 2 aliphatic rings. The number of H-pyrrole nitrogens is 1. The molecule has 0 aliphatic carbocycles. The fourth-order valence-corrected chi connectivity index (χ4v) is 3.91. The molecule has 2 amide bonds. The van der Waals surface area contributed by atoms with Gasteiger partial charge in [0.05, 0.1) is 25.2 Å². The summed E-state index contributed by atoms with van der Waals surface area (Å²) in [5.41, 5.74) is 2.33. The number of rotatable bonds is 1. The summed E-state index contributed by atoms with van der Waals surface area (Å²) in [6.07, 6.45) is 0. The quantitative estimate of drug-likeness (QED) is 0.845. The number of likely N-dealkylation sites (N-methyl/N-ethyl adjacent to an activating group) is 1. The van der Waals surface area contributed by atoms with E-state index in [-0.39, 0.29) is 23.8 Å². The highest BCUT2D eigenvalue weighted by Crippen LogP contribution is 2.27. The van der Waals surface area contributed by atoms with E-state index in [1.165, 1.54) is 0 Å². The zero-order valence-corrected chi connectivity index (χ0v) is 15.0. The molecule has 2 fully saturated rings. The molecular formula is C18H20ClN3O3. The van der Waals surface area contributed by atoms with E-state index in [9.17, 15) is 9.59 Å². The number of amides is 2. The van der Waals surface area contributed by atoms with Crippen LogP contribution < -0.4 is 0 Å². The second-order valence-electron chi connectivity index (χ2n) is 6.86. The molecule has 1 aromatic carbocycles. The zero-order chi connectivity index (χ0) is 17.7. The average molecular weight is 362 g/mol. The van der Waals surface area contributed by atoms with E-state index < -0.39 is 0 Å². The Kier molecular flexibility index (Phi) is 3.96. The number of aromatic nitrogens is 1. The molecule has 1 aromatic heterocycles. The van der Waals surface area contributed by atoms with Gasteiger partial charge in [-0.1, -0.05) is 11.6 Å². The van der Waals surface area contributed by atoms with Crippen molar-refractivity contribution in [3.63, 3.8) is 0 Å². The van der Waals surface area contributed by atoms with Crippen LogP contribution in [0.25, 0.3) is 10.9 Å². The van der Waals surface area contributed by atoms with Crippen LogP contribution >= 0.6 is 11.6 Å². The number of ether oxygens (including phenoxy) is 1. The van der Waals surface area contributed by atoms with E-state index in [0.29, 0.717) is 37.0 Å². The Morgan fingerprint density at radius 1 is 1.32 bits per heavy atom. The fraction of sp³-hybridized carbons (Fsp3) is 0.444. The molecule has 2 saturated heterocycles. The molecule has 2 atom stereocenters. The predicted octanol–water partition coefficient (Wildman–Crippen LogP) is 2.06. The lowest BCUT2D eigenvalue weighted by Gasteiger charge is -2.29. The minimum Gasteiger partial charge on any atom is -0.378 e. The normalized spacial score (nSPS) is 23.9. The van der Waals surface area contributed by atoms with Gasteiger partial charge in [-0.2, -0.15) is 0 Å². The molecule has 4 rings (SSSR count). The lowest BCUT2D eigenvalue weighted by Crippen LogP contribution is -2.45. The summed E-state index contributed by atoms with van der Waals surface area (Å²) < 4.78 is 5.60. The van der Waals surface area contributed by atoms with Crippen molar-refractivity contribution in [1.82, 2.24) is 14.8 Å². The molecule has 0 spiro atoms. The first-order valence-electron chi connectivity index (χ1n) is 8.37. The van der Waals surface area contributed by atoms with Gasteiger partial charge in [0.25, 0.3) is 5.91 Å². The van der Waals surface area contributed by atoms with Gasteiger partial charge in [-0.25, -0.2) is 0 Å². The number of halogens is 1. The van der Waals surface area contributed by atoms with Gasteiger partial charge in [-0.15, -0.1) is 0 Å². The third kappa shape index (κ3) is 2.69. The number of aryl methyl sites for hydroxylation is 1. The van der Waals surface area contributed by atoms with Crippen LogP contribution in [0, 0.1) is 12.8 Å². The van der Waals surface area contributed by atoms with Gasteiger partial charge >= 0.3 is 0 Å². The molecular weight excluding hydrogens is 342 g/mol. The van der Waals surface area contributed by atoms with E-state index in [1.54, 1.807) is 22.9 Å². The number of nitrogens with zero attached hydrogens (tertiary/aromatic N) is 2. The van der Waals surface area contributed by atoms with Crippen LogP contribution in [-0.4, -0.2) is 66.0 Å². The van der Waals surface area contributed by atoms with Crippen molar-refractivity contribution in [1.29, 1.82) is 0 Å². The van der Waals surface area contributed by atoms with Gasteiger partial charge < -0.3 is 19.5 Å². The summed E-state index contributed by atoms with van der Waals surface area (Å²) in [4.78, 5) is 32.3. The predicted molar refractivity (Wildman–Crippen MR) is 94.8 cm³/mol. The van der Waals surface area contributed by atoms with Crippen LogP contribution in [0.4, 0.5) is 0 Å². The maximum atomic E-state index is 13.2. The lowest BCUT2D eigenvalue weighted by atomic mass is 10.1. The van der Waals surface area contributed by atoms with Crippen LogP contribution in [0.5, 0.6) is 0 Å². The van der Waals surface area contributed by atoms with E-state index in [2.05, 4.69) is 4.98 Å². The third-order valence-electron chi connectivity index (χ3n) is 5.27. The molecule has 6 nitrogen and oxygen atoms in total. The summed E-state index contributed by atoms with van der Waals surface area (Å²) in [6, 6.07) is 5.43. The maximum absolute atomic E-state index is 13.2. The fourth-order valence-electron chi connectivity index (χ4n) is 3.73. The topological polar surface area (TPSA) is 65.6 Å². The standard InChI is InChI=1S/C18H20ClN3O3/c1-10-14-5-12(19)3-4-15(14)20-16(10)18(24)22-6-11-8-25-9-13(7-22)21(2)17(11)23/h3-5,11,13,20H,6-9H2,1-2H3/t11-,13+/m1/s1. The Morgan fingerprint density at radius 3 is 2.92 bits per heavy atom. The Balaban J connectivity index is 1.69. The molecule has 2 aromatic rings. The molecule has 132 valence electrons. The van der Waals surface area contributed by atoms with Gasteiger partial charge in [0, 0.05) is 36.1 Å². The lowest BCUT2D eigenvalue weighted by molar-refractivity contribution is -0.133. The average Bonchev–Trinajstić information content (AvgIpc) is 2.76. The number of hydrogen-bond donors (Lipinski definition) is 1. The minimum absolute atomic E-state index is 0.0537. The van der Waals surface area contributed by atoms with Crippen LogP contribution in [0.1, 0.15) is 16.1 Å². The van der Waals surface area contributed by atoms with Crippen molar-refractivity contribution >= 4 is 34.3 Å². The second-order valence-corrected chi connectivity index (χ2v) is 7.30. The van der Waals surface area contributed by atoms with Crippen molar-refractivity contribution in [2.24, 2.45) is 5.92 Å². The summed E-state index contributed by atoms with van der Waals surface area (Å²) >= 11 is 6.08. The first kappa shape index (κ1) is 16.4. The number of hydrogen-bond acceptors (Lipinski definition) is 3. The molecule has 3 heterocycles. The van der Waals surface area contributed by atoms with Gasteiger partial charge in [0.15, 0.2) is 0 Å². The smallest absolute Gasteiger partial charge is 0.270 e. The zero-order valence-electron chi connectivity index (χ0n) is 14.2. The van der Waals surface area contributed by atoms with E-state index in [0.717, 1.165) is 16.5 Å². The minimum atomic E-state index is -0.305. The monoisotopic (exact) mass is 361 g/mol. The summed E-state index contributed by atoms with van der Waals surface area (Å²) in [7, 11) is 1.79. The molecule has 7 heteroatoms. The summed E-state index contributed by atoms with van der Waals surface area (Å²) in [5, 5.41) is 1.59. The van der Waals surface area contributed by atoms with E-state index in [1.807, 2.05) is 19.1 Å². The number of aromatic amines is 1. The second kappa shape index (κ2) is 6.04. The SMILES string of the molecule is Cc1c(C(=O)N2C[C@@H]3COC[C@H](C2)N(C)C3=O)[nH]c2ccc(Cl)cc12. The van der Waals surface area contributed by atoms with Crippen LogP contribution in [0.15, 0.2) is 18.2 Å². The van der Waals surface area contributed by atoms with Crippen molar-refractivity contribution in [3.05, 3.63) is 34.5 Å². The van der Waals surface area contributed by atoms with Crippen molar-refractivity contribution in [2.45, 2.75) is 13.0 Å². The van der Waals surface area contributed by atoms with Gasteiger partial charge in [-0.3, -0.25) is 9.59 Å². The van der Waals surface area contributed by atoms with E-state index >= 15 is 0 Å². The number of nitrogens with one attached hydrogen (secondary N) is 1.